The highest BCUT2D eigenvalue weighted by Gasteiger charge is 2.30. The van der Waals surface area contributed by atoms with E-state index in [1.165, 1.54) is 12.8 Å². The van der Waals surface area contributed by atoms with Gasteiger partial charge in [0.05, 0.1) is 6.07 Å². The summed E-state index contributed by atoms with van der Waals surface area (Å²) in [4.78, 5) is 2.50. The summed E-state index contributed by atoms with van der Waals surface area (Å²) in [7, 11) is 0. The normalized spacial score (nSPS) is 19.8. The van der Waals surface area contributed by atoms with Crippen LogP contribution in [0.15, 0.2) is 0 Å². The topological polar surface area (TPSA) is 39.1 Å². The maximum absolute atomic E-state index is 9.24. The summed E-state index contributed by atoms with van der Waals surface area (Å²) < 4.78 is 0. The molecule has 1 fully saturated rings. The molecule has 92 valence electrons. The van der Waals surface area contributed by atoms with Crippen LogP contribution >= 0.6 is 0 Å². The molecular weight excluding hydrogens is 198 g/mol. The van der Waals surface area contributed by atoms with Crippen LogP contribution in [0.3, 0.4) is 0 Å². The van der Waals surface area contributed by atoms with Crippen molar-refractivity contribution in [3.05, 3.63) is 0 Å². The van der Waals surface area contributed by atoms with Gasteiger partial charge >= 0.3 is 0 Å². The molecule has 1 rings (SSSR count). The highest BCUT2D eigenvalue weighted by Crippen LogP contribution is 2.27. The Bertz CT molecular complexity index is 252. The Morgan fingerprint density at radius 1 is 1.50 bits per heavy atom. The second-order valence-corrected chi connectivity index (χ2v) is 5.35. The molecule has 1 aliphatic carbocycles. The number of hydrogen-bond acceptors (Lipinski definition) is 3. The molecule has 3 nitrogen and oxygen atoms in total. The molecule has 0 heterocycles. The third-order valence-electron chi connectivity index (χ3n) is 3.22. The van der Waals surface area contributed by atoms with Crippen molar-refractivity contribution in [2.75, 3.05) is 13.1 Å². The van der Waals surface area contributed by atoms with E-state index in [-0.39, 0.29) is 5.54 Å². The first-order valence-corrected chi connectivity index (χ1v) is 6.43. The van der Waals surface area contributed by atoms with E-state index in [0.29, 0.717) is 6.04 Å². The van der Waals surface area contributed by atoms with Crippen molar-refractivity contribution in [1.82, 2.24) is 10.2 Å². The van der Waals surface area contributed by atoms with E-state index in [0.717, 1.165) is 25.6 Å². The molecule has 16 heavy (non-hydrogen) atoms. The second kappa shape index (κ2) is 5.65. The van der Waals surface area contributed by atoms with Crippen LogP contribution in [0.5, 0.6) is 0 Å². The van der Waals surface area contributed by atoms with Gasteiger partial charge in [-0.1, -0.05) is 6.92 Å². The first-order valence-electron chi connectivity index (χ1n) is 6.43. The quantitative estimate of drug-likeness (QED) is 0.718. The van der Waals surface area contributed by atoms with Gasteiger partial charge in [-0.05, 0) is 46.6 Å². The molecule has 0 radical (unpaired) electrons. The van der Waals surface area contributed by atoms with Crippen LogP contribution in [0.25, 0.3) is 0 Å². The molecule has 1 saturated carbocycles. The molecule has 0 aliphatic heterocycles. The summed E-state index contributed by atoms with van der Waals surface area (Å²) in [6.07, 6.45) is 3.59. The van der Waals surface area contributed by atoms with Gasteiger partial charge in [0.25, 0.3) is 0 Å². The fourth-order valence-corrected chi connectivity index (χ4v) is 2.20. The zero-order chi connectivity index (χ0) is 12.2. The van der Waals surface area contributed by atoms with Crippen LogP contribution in [-0.2, 0) is 0 Å². The highest BCUT2D eigenvalue weighted by atomic mass is 15.2. The van der Waals surface area contributed by atoms with Crippen LogP contribution in [0.1, 0.15) is 47.0 Å². The van der Waals surface area contributed by atoms with Gasteiger partial charge in [-0.2, -0.15) is 5.26 Å². The Morgan fingerprint density at radius 2 is 2.12 bits per heavy atom. The van der Waals surface area contributed by atoms with Crippen molar-refractivity contribution in [2.24, 2.45) is 0 Å². The number of nitrogens with zero attached hydrogens (tertiary/aromatic N) is 2. The van der Waals surface area contributed by atoms with E-state index in [9.17, 15) is 5.26 Å². The molecule has 3 heteroatoms. The zero-order valence-electron chi connectivity index (χ0n) is 11.1. The third kappa shape index (κ3) is 4.11. The molecule has 0 amide bonds. The van der Waals surface area contributed by atoms with Crippen molar-refractivity contribution in [3.8, 4) is 6.07 Å². The molecule has 1 unspecified atom stereocenters. The Hall–Kier alpha value is -0.590. The predicted octanol–water partition coefficient (Wildman–Crippen LogP) is 2.14. The van der Waals surface area contributed by atoms with Gasteiger partial charge in [0, 0.05) is 18.6 Å². The molecule has 1 aliphatic rings. The first kappa shape index (κ1) is 13.5. The van der Waals surface area contributed by atoms with E-state index < -0.39 is 0 Å². The van der Waals surface area contributed by atoms with Crippen LogP contribution < -0.4 is 5.32 Å². The lowest BCUT2D eigenvalue weighted by Crippen LogP contribution is -2.47. The van der Waals surface area contributed by atoms with Crippen LogP contribution in [0, 0.1) is 11.3 Å². The Labute approximate surface area is 99.8 Å². The summed E-state index contributed by atoms with van der Waals surface area (Å²) in [6, 6.07) is 3.57. The average Bonchev–Trinajstić information content (AvgIpc) is 3.02. The van der Waals surface area contributed by atoms with E-state index in [1.807, 2.05) is 6.92 Å². The molecular formula is C13H25N3. The monoisotopic (exact) mass is 223 g/mol. The standard InChI is InChI=1S/C13H25N3/c1-5-16(12-6-7-12)9-8-13(4,10-14)15-11(2)3/h11-12,15H,5-9H2,1-4H3. The number of hydrogen-bond donors (Lipinski definition) is 1. The van der Waals surface area contributed by atoms with Crippen molar-refractivity contribution in [3.63, 3.8) is 0 Å². The summed E-state index contributed by atoms with van der Waals surface area (Å²) in [5, 5.41) is 12.6. The van der Waals surface area contributed by atoms with Gasteiger partial charge in [0.15, 0.2) is 0 Å². The predicted molar refractivity (Wildman–Crippen MR) is 67.2 cm³/mol. The average molecular weight is 223 g/mol. The van der Waals surface area contributed by atoms with Crippen LogP contribution in [0.2, 0.25) is 0 Å². The summed E-state index contributed by atoms with van der Waals surface area (Å²) in [5.41, 5.74) is -0.378. The Balaban J connectivity index is 2.40. The van der Waals surface area contributed by atoms with Gasteiger partial charge in [-0.15, -0.1) is 0 Å². The Kier molecular flexibility index (Phi) is 4.76. The minimum atomic E-state index is -0.378. The third-order valence-corrected chi connectivity index (χ3v) is 3.22. The molecule has 0 saturated heterocycles. The molecule has 1 atom stereocenters. The molecule has 0 bridgehead atoms. The smallest absolute Gasteiger partial charge is 0.105 e. The molecule has 0 aromatic heterocycles. The molecule has 0 aromatic rings. The number of nitrogens with one attached hydrogen (secondary N) is 1. The van der Waals surface area contributed by atoms with E-state index >= 15 is 0 Å². The van der Waals surface area contributed by atoms with Crippen molar-refractivity contribution >= 4 is 0 Å². The lowest BCUT2D eigenvalue weighted by Gasteiger charge is -2.29. The fraction of sp³-hybridized carbons (Fsp3) is 0.923. The minimum absolute atomic E-state index is 0.362. The van der Waals surface area contributed by atoms with Gasteiger partial charge in [-0.25, -0.2) is 0 Å². The maximum Gasteiger partial charge on any atom is 0.105 e. The molecule has 1 N–H and O–H groups in total. The number of rotatable bonds is 7. The lowest BCUT2D eigenvalue weighted by molar-refractivity contribution is 0.242. The van der Waals surface area contributed by atoms with E-state index in [4.69, 9.17) is 0 Å². The van der Waals surface area contributed by atoms with Gasteiger partial charge in [-0.3, -0.25) is 5.32 Å². The van der Waals surface area contributed by atoms with Crippen LogP contribution in [0.4, 0.5) is 0 Å². The van der Waals surface area contributed by atoms with E-state index in [1.54, 1.807) is 0 Å². The highest BCUT2D eigenvalue weighted by molar-refractivity contribution is 5.05. The van der Waals surface area contributed by atoms with Crippen LogP contribution in [-0.4, -0.2) is 35.6 Å². The molecule has 0 spiro atoms. The second-order valence-electron chi connectivity index (χ2n) is 5.35. The fourth-order valence-electron chi connectivity index (χ4n) is 2.20. The van der Waals surface area contributed by atoms with Crippen molar-refractivity contribution in [1.29, 1.82) is 5.26 Å². The maximum atomic E-state index is 9.24. The van der Waals surface area contributed by atoms with E-state index in [2.05, 4.69) is 37.1 Å². The van der Waals surface area contributed by atoms with Gasteiger partial charge in [0.1, 0.15) is 5.54 Å². The summed E-state index contributed by atoms with van der Waals surface area (Å²) >= 11 is 0. The Morgan fingerprint density at radius 3 is 2.50 bits per heavy atom. The van der Waals surface area contributed by atoms with Crippen molar-refractivity contribution < 1.29 is 0 Å². The molecule has 0 aromatic carbocycles. The van der Waals surface area contributed by atoms with Gasteiger partial charge in [0.2, 0.25) is 0 Å². The SMILES string of the molecule is CCN(CCC(C)(C#N)NC(C)C)C1CC1. The number of nitriles is 1. The lowest BCUT2D eigenvalue weighted by atomic mass is 9.98. The first-order chi connectivity index (χ1) is 7.50. The largest absolute Gasteiger partial charge is 0.301 e. The summed E-state index contributed by atoms with van der Waals surface area (Å²) in [5.74, 6) is 0. The summed E-state index contributed by atoms with van der Waals surface area (Å²) in [6.45, 7) is 10.5. The minimum Gasteiger partial charge on any atom is -0.301 e. The van der Waals surface area contributed by atoms with Gasteiger partial charge < -0.3 is 4.90 Å². The zero-order valence-corrected chi connectivity index (χ0v) is 11.1. The van der Waals surface area contributed by atoms with Crippen molar-refractivity contribution in [2.45, 2.75) is 64.6 Å².